The van der Waals surface area contributed by atoms with E-state index in [9.17, 15) is 0 Å². The Morgan fingerprint density at radius 1 is 1.67 bits per heavy atom. The molecular weight excluding hydrogens is 156 g/mol. The van der Waals surface area contributed by atoms with Crippen LogP contribution in [0.1, 0.15) is 0 Å². The first-order chi connectivity index (χ1) is 4.34. The van der Waals surface area contributed by atoms with Gasteiger partial charge in [0.25, 0.3) is 0 Å². The third-order valence-corrected chi connectivity index (χ3v) is 4.19. The van der Waals surface area contributed by atoms with E-state index in [1.165, 1.54) is 0 Å². The SMILES string of the molecule is OCC(O)C1CSCS1. The van der Waals surface area contributed by atoms with Crippen molar-refractivity contribution in [3.05, 3.63) is 0 Å². The van der Waals surface area contributed by atoms with Gasteiger partial charge in [0.15, 0.2) is 0 Å². The summed E-state index contributed by atoms with van der Waals surface area (Å²) in [5.74, 6) is 0.979. The Labute approximate surface area is 63.0 Å². The molecule has 2 atom stereocenters. The standard InChI is InChI=1S/C5H10O2S2/c6-1-4(7)5-2-8-3-9-5/h4-7H,1-3H2. The zero-order valence-electron chi connectivity index (χ0n) is 4.99. The van der Waals surface area contributed by atoms with Gasteiger partial charge in [0.2, 0.25) is 0 Å². The molecule has 0 radical (unpaired) electrons. The number of hydrogen-bond donors (Lipinski definition) is 2. The van der Waals surface area contributed by atoms with Crippen molar-refractivity contribution >= 4 is 23.5 Å². The molecule has 2 N–H and O–H groups in total. The molecule has 1 aliphatic heterocycles. The summed E-state index contributed by atoms with van der Waals surface area (Å²) in [5, 5.41) is 18.9. The topological polar surface area (TPSA) is 40.5 Å². The first-order valence-corrected chi connectivity index (χ1v) is 5.03. The number of aliphatic hydroxyl groups excluding tert-OH is 2. The summed E-state index contributed by atoms with van der Waals surface area (Å²) >= 11 is 3.55. The maximum absolute atomic E-state index is 9.07. The Hall–Kier alpha value is 0.620. The molecule has 0 aromatic rings. The molecule has 2 unspecified atom stereocenters. The molecule has 0 spiro atoms. The molecule has 0 amide bonds. The molecule has 0 aromatic carbocycles. The molecule has 9 heavy (non-hydrogen) atoms. The second-order valence-corrected chi connectivity index (χ2v) is 4.57. The summed E-state index contributed by atoms with van der Waals surface area (Å²) in [7, 11) is 0. The molecule has 0 aliphatic carbocycles. The molecule has 0 aromatic heterocycles. The lowest BCUT2D eigenvalue weighted by atomic mass is 10.3. The van der Waals surface area contributed by atoms with E-state index >= 15 is 0 Å². The van der Waals surface area contributed by atoms with Gasteiger partial charge >= 0.3 is 0 Å². The molecule has 54 valence electrons. The van der Waals surface area contributed by atoms with Crippen LogP contribution in [-0.2, 0) is 0 Å². The van der Waals surface area contributed by atoms with Crippen molar-refractivity contribution in [3.8, 4) is 0 Å². The highest BCUT2D eigenvalue weighted by Crippen LogP contribution is 2.31. The van der Waals surface area contributed by atoms with Crippen molar-refractivity contribution in [3.63, 3.8) is 0 Å². The number of rotatable bonds is 2. The van der Waals surface area contributed by atoms with E-state index in [-0.39, 0.29) is 11.9 Å². The molecular formula is C5H10O2S2. The van der Waals surface area contributed by atoms with E-state index in [0.717, 1.165) is 10.8 Å². The van der Waals surface area contributed by atoms with Gasteiger partial charge in [-0.05, 0) is 0 Å². The largest absolute Gasteiger partial charge is 0.394 e. The fraction of sp³-hybridized carbons (Fsp3) is 1.00. The Bertz CT molecular complexity index is 83.0. The second kappa shape index (κ2) is 3.71. The Morgan fingerprint density at radius 2 is 2.44 bits per heavy atom. The van der Waals surface area contributed by atoms with Gasteiger partial charge in [0.1, 0.15) is 0 Å². The van der Waals surface area contributed by atoms with Gasteiger partial charge in [0.05, 0.1) is 12.7 Å². The molecule has 1 rings (SSSR count). The highest BCUT2D eigenvalue weighted by atomic mass is 32.2. The van der Waals surface area contributed by atoms with Crippen molar-refractivity contribution in [2.24, 2.45) is 0 Å². The predicted octanol–water partition coefficient (Wildman–Crippen LogP) is 0.146. The van der Waals surface area contributed by atoms with Crippen LogP contribution in [-0.4, -0.2) is 39.0 Å². The summed E-state index contributed by atoms with van der Waals surface area (Å²) in [6.45, 7) is -0.0990. The van der Waals surface area contributed by atoms with Crippen LogP contribution in [0.3, 0.4) is 0 Å². The van der Waals surface area contributed by atoms with Crippen molar-refractivity contribution in [1.29, 1.82) is 0 Å². The van der Waals surface area contributed by atoms with Gasteiger partial charge in [-0.15, -0.1) is 23.5 Å². The lowest BCUT2D eigenvalue weighted by Crippen LogP contribution is -2.26. The highest BCUT2D eigenvalue weighted by molar-refractivity contribution is 8.19. The number of aliphatic hydroxyl groups is 2. The molecule has 1 heterocycles. The van der Waals surface area contributed by atoms with Crippen LogP contribution in [0.5, 0.6) is 0 Å². The zero-order chi connectivity index (χ0) is 6.69. The minimum atomic E-state index is -0.509. The number of hydrogen-bond acceptors (Lipinski definition) is 4. The maximum Gasteiger partial charge on any atom is 0.0897 e. The average Bonchev–Trinajstić information content (AvgIpc) is 2.37. The van der Waals surface area contributed by atoms with Gasteiger partial charge in [-0.25, -0.2) is 0 Å². The van der Waals surface area contributed by atoms with Crippen LogP contribution in [0.2, 0.25) is 0 Å². The summed E-state index contributed by atoms with van der Waals surface area (Å²) in [6, 6.07) is 0. The zero-order valence-corrected chi connectivity index (χ0v) is 6.62. The maximum atomic E-state index is 9.07. The monoisotopic (exact) mass is 166 g/mol. The molecule has 1 aliphatic rings. The molecule has 0 saturated carbocycles. The normalized spacial score (nSPS) is 30.7. The van der Waals surface area contributed by atoms with Gasteiger partial charge in [-0.3, -0.25) is 0 Å². The molecule has 1 saturated heterocycles. The van der Waals surface area contributed by atoms with E-state index in [1.54, 1.807) is 11.8 Å². The number of thioether (sulfide) groups is 2. The Kier molecular flexibility index (Phi) is 3.18. The third kappa shape index (κ3) is 2.04. The fourth-order valence-corrected chi connectivity index (χ4v) is 3.59. The predicted molar refractivity (Wildman–Crippen MR) is 41.8 cm³/mol. The van der Waals surface area contributed by atoms with E-state index in [2.05, 4.69) is 0 Å². The van der Waals surface area contributed by atoms with Crippen LogP contribution in [0, 0.1) is 0 Å². The first kappa shape index (κ1) is 7.72. The Morgan fingerprint density at radius 3 is 2.89 bits per heavy atom. The smallest absolute Gasteiger partial charge is 0.0897 e. The summed E-state index contributed by atoms with van der Waals surface area (Å²) in [4.78, 5) is 0. The molecule has 0 bridgehead atoms. The van der Waals surface area contributed by atoms with E-state index < -0.39 is 6.10 Å². The van der Waals surface area contributed by atoms with Crippen LogP contribution in [0.25, 0.3) is 0 Å². The van der Waals surface area contributed by atoms with Crippen LogP contribution in [0.15, 0.2) is 0 Å². The third-order valence-electron chi connectivity index (χ3n) is 1.26. The quantitative estimate of drug-likeness (QED) is 0.612. The summed E-state index contributed by atoms with van der Waals surface area (Å²) in [6.07, 6.45) is -0.509. The lowest BCUT2D eigenvalue weighted by molar-refractivity contribution is 0.0977. The fourth-order valence-electron chi connectivity index (χ4n) is 0.688. The van der Waals surface area contributed by atoms with Crippen molar-refractivity contribution in [2.45, 2.75) is 11.4 Å². The van der Waals surface area contributed by atoms with Gasteiger partial charge in [0, 0.05) is 16.1 Å². The summed E-state index contributed by atoms with van der Waals surface area (Å²) in [5.41, 5.74) is 0. The van der Waals surface area contributed by atoms with E-state index in [4.69, 9.17) is 10.2 Å². The van der Waals surface area contributed by atoms with Crippen LogP contribution >= 0.6 is 23.5 Å². The molecule has 4 heteroatoms. The van der Waals surface area contributed by atoms with E-state index in [0.29, 0.717) is 0 Å². The lowest BCUT2D eigenvalue weighted by Gasteiger charge is -2.12. The second-order valence-electron chi connectivity index (χ2n) is 1.94. The van der Waals surface area contributed by atoms with Gasteiger partial charge < -0.3 is 10.2 Å². The van der Waals surface area contributed by atoms with Crippen molar-refractivity contribution in [2.75, 3.05) is 17.4 Å². The average molecular weight is 166 g/mol. The Balaban J connectivity index is 2.24. The first-order valence-electron chi connectivity index (χ1n) is 2.83. The molecule has 2 nitrogen and oxygen atoms in total. The van der Waals surface area contributed by atoms with Crippen LogP contribution < -0.4 is 0 Å². The molecule has 1 fully saturated rings. The van der Waals surface area contributed by atoms with Crippen molar-refractivity contribution < 1.29 is 10.2 Å². The van der Waals surface area contributed by atoms with Crippen LogP contribution in [0.4, 0.5) is 0 Å². The van der Waals surface area contributed by atoms with Gasteiger partial charge in [-0.1, -0.05) is 0 Å². The van der Waals surface area contributed by atoms with Crippen molar-refractivity contribution in [1.82, 2.24) is 0 Å². The highest BCUT2D eigenvalue weighted by Gasteiger charge is 2.23. The van der Waals surface area contributed by atoms with E-state index in [1.807, 2.05) is 11.8 Å². The minimum absolute atomic E-state index is 0.0990. The summed E-state index contributed by atoms with van der Waals surface area (Å²) < 4.78 is 0. The van der Waals surface area contributed by atoms with Gasteiger partial charge in [-0.2, -0.15) is 0 Å². The minimum Gasteiger partial charge on any atom is -0.394 e.